The van der Waals surface area contributed by atoms with Crippen molar-refractivity contribution in [2.24, 2.45) is 5.41 Å². The van der Waals surface area contributed by atoms with Crippen LogP contribution in [0.2, 0.25) is 0 Å². The monoisotopic (exact) mass is 294 g/mol. The van der Waals surface area contributed by atoms with E-state index in [9.17, 15) is 14.7 Å². The second-order valence-electron chi connectivity index (χ2n) is 5.80. The second-order valence-corrected chi connectivity index (χ2v) is 5.80. The number of furan rings is 1. The molecule has 2 amide bonds. The van der Waals surface area contributed by atoms with Crippen LogP contribution in [0.5, 0.6) is 0 Å². The molecule has 1 fully saturated rings. The Morgan fingerprint density at radius 3 is 2.71 bits per heavy atom. The average Bonchev–Trinajstić information content (AvgIpc) is 3.07. The van der Waals surface area contributed by atoms with E-state index in [1.54, 1.807) is 12.3 Å². The van der Waals surface area contributed by atoms with Crippen LogP contribution in [-0.2, 0) is 11.2 Å². The lowest BCUT2D eigenvalue weighted by molar-refractivity contribution is -0.148. The Bertz CT molecular complexity index is 478. The highest BCUT2D eigenvalue weighted by atomic mass is 16.4. The summed E-state index contributed by atoms with van der Waals surface area (Å²) in [5, 5.41) is 14.8. The lowest BCUT2D eigenvalue weighted by atomic mass is 9.86. The van der Waals surface area contributed by atoms with Gasteiger partial charge >= 0.3 is 12.0 Å². The fourth-order valence-electron chi connectivity index (χ4n) is 2.82. The maximum atomic E-state index is 11.9. The maximum Gasteiger partial charge on any atom is 0.315 e. The molecule has 1 aromatic rings. The second kappa shape index (κ2) is 6.65. The van der Waals surface area contributed by atoms with Gasteiger partial charge in [-0.3, -0.25) is 4.79 Å². The van der Waals surface area contributed by atoms with Gasteiger partial charge < -0.3 is 20.2 Å². The van der Waals surface area contributed by atoms with Crippen LogP contribution in [0.1, 0.15) is 38.4 Å². The predicted octanol–water partition coefficient (Wildman–Crippen LogP) is 2.15. The first-order chi connectivity index (χ1) is 10.0. The number of hydrogen-bond acceptors (Lipinski definition) is 3. The minimum Gasteiger partial charge on any atom is -0.481 e. The Kier molecular flexibility index (Phi) is 4.88. The first-order valence-electron chi connectivity index (χ1n) is 7.32. The van der Waals surface area contributed by atoms with Gasteiger partial charge in [0, 0.05) is 19.0 Å². The smallest absolute Gasteiger partial charge is 0.315 e. The third kappa shape index (κ3) is 4.00. The average molecular weight is 294 g/mol. The van der Waals surface area contributed by atoms with Gasteiger partial charge in [0.2, 0.25) is 0 Å². The first-order valence-corrected chi connectivity index (χ1v) is 7.32. The van der Waals surface area contributed by atoms with Gasteiger partial charge in [-0.2, -0.15) is 0 Å². The van der Waals surface area contributed by atoms with E-state index in [0.29, 0.717) is 19.3 Å². The lowest BCUT2D eigenvalue weighted by Gasteiger charge is -2.24. The molecule has 6 nitrogen and oxygen atoms in total. The van der Waals surface area contributed by atoms with Crippen molar-refractivity contribution in [2.75, 3.05) is 6.54 Å². The fraction of sp³-hybridized carbons (Fsp3) is 0.600. The molecule has 1 heterocycles. The highest BCUT2D eigenvalue weighted by molar-refractivity contribution is 5.78. The van der Waals surface area contributed by atoms with E-state index in [0.717, 1.165) is 18.6 Å². The van der Waals surface area contributed by atoms with Crippen molar-refractivity contribution < 1.29 is 19.1 Å². The largest absolute Gasteiger partial charge is 0.481 e. The van der Waals surface area contributed by atoms with Crippen LogP contribution < -0.4 is 10.6 Å². The SMILES string of the molecule is CC(Cc1ccco1)NC(=O)NCC1(C(=O)O)CCCC1. The van der Waals surface area contributed by atoms with Crippen LogP contribution in [0.3, 0.4) is 0 Å². The van der Waals surface area contributed by atoms with Crippen molar-refractivity contribution in [1.29, 1.82) is 0 Å². The zero-order valence-electron chi connectivity index (χ0n) is 12.2. The molecule has 0 radical (unpaired) electrons. The Morgan fingerprint density at radius 1 is 1.43 bits per heavy atom. The van der Waals surface area contributed by atoms with E-state index in [2.05, 4.69) is 10.6 Å². The van der Waals surface area contributed by atoms with Crippen LogP contribution in [-0.4, -0.2) is 29.7 Å². The van der Waals surface area contributed by atoms with Crippen LogP contribution >= 0.6 is 0 Å². The van der Waals surface area contributed by atoms with Gasteiger partial charge in [-0.1, -0.05) is 12.8 Å². The molecule has 1 aliphatic rings. The van der Waals surface area contributed by atoms with Crippen LogP contribution in [0, 0.1) is 5.41 Å². The molecule has 0 aromatic carbocycles. The Hall–Kier alpha value is -1.98. The number of carbonyl (C=O) groups excluding carboxylic acids is 1. The number of hydrogen-bond donors (Lipinski definition) is 3. The standard InChI is InChI=1S/C15H22N2O4/c1-11(9-12-5-4-8-21-12)17-14(20)16-10-15(13(18)19)6-2-3-7-15/h4-5,8,11H,2-3,6-7,9-10H2,1H3,(H,18,19)(H2,16,17,20). The molecule has 21 heavy (non-hydrogen) atoms. The van der Waals surface area contributed by atoms with Crippen molar-refractivity contribution in [3.05, 3.63) is 24.2 Å². The Morgan fingerprint density at radius 2 is 2.14 bits per heavy atom. The zero-order valence-corrected chi connectivity index (χ0v) is 12.2. The van der Waals surface area contributed by atoms with Gasteiger partial charge in [-0.15, -0.1) is 0 Å². The minimum atomic E-state index is -0.816. The molecular weight excluding hydrogens is 272 g/mol. The molecule has 1 aliphatic carbocycles. The molecule has 0 bridgehead atoms. The Balaban J connectivity index is 1.77. The number of rotatable bonds is 6. The molecule has 6 heteroatoms. The first kappa shape index (κ1) is 15.4. The summed E-state index contributed by atoms with van der Waals surface area (Å²) in [7, 11) is 0. The summed E-state index contributed by atoms with van der Waals surface area (Å²) in [5.41, 5.74) is -0.790. The van der Waals surface area contributed by atoms with E-state index < -0.39 is 11.4 Å². The summed E-state index contributed by atoms with van der Waals surface area (Å²) in [6.45, 7) is 2.06. The van der Waals surface area contributed by atoms with Gasteiger partial charge in [-0.25, -0.2) is 4.79 Å². The van der Waals surface area contributed by atoms with Crippen molar-refractivity contribution in [2.45, 2.75) is 45.1 Å². The van der Waals surface area contributed by atoms with Crippen molar-refractivity contribution >= 4 is 12.0 Å². The maximum absolute atomic E-state index is 11.9. The number of aliphatic carboxylic acids is 1. The number of carboxylic acids is 1. The highest BCUT2D eigenvalue weighted by Gasteiger charge is 2.41. The van der Waals surface area contributed by atoms with Gasteiger partial charge in [0.1, 0.15) is 5.76 Å². The molecule has 1 aromatic heterocycles. The van der Waals surface area contributed by atoms with Crippen LogP contribution in [0.4, 0.5) is 4.79 Å². The zero-order chi connectivity index (χ0) is 15.3. The summed E-state index contributed by atoms with van der Waals surface area (Å²) in [6, 6.07) is 3.24. The van der Waals surface area contributed by atoms with Crippen LogP contribution in [0.25, 0.3) is 0 Å². The predicted molar refractivity (Wildman–Crippen MR) is 76.9 cm³/mol. The number of carbonyl (C=O) groups is 2. The van der Waals surface area contributed by atoms with Gasteiger partial charge in [0.25, 0.3) is 0 Å². The molecule has 1 atom stereocenters. The molecule has 1 saturated carbocycles. The molecule has 1 unspecified atom stereocenters. The molecule has 0 aliphatic heterocycles. The van der Waals surface area contributed by atoms with E-state index in [-0.39, 0.29) is 18.6 Å². The molecular formula is C15H22N2O4. The fourth-order valence-corrected chi connectivity index (χ4v) is 2.82. The molecule has 3 N–H and O–H groups in total. The summed E-state index contributed by atoms with van der Waals surface area (Å²) in [6.07, 6.45) is 5.27. The summed E-state index contributed by atoms with van der Waals surface area (Å²) in [4.78, 5) is 23.2. The highest BCUT2D eigenvalue weighted by Crippen LogP contribution is 2.37. The minimum absolute atomic E-state index is 0.0829. The van der Waals surface area contributed by atoms with Crippen LogP contribution in [0.15, 0.2) is 22.8 Å². The summed E-state index contributed by atoms with van der Waals surface area (Å²) < 4.78 is 5.23. The van der Waals surface area contributed by atoms with E-state index in [4.69, 9.17) is 4.42 Å². The van der Waals surface area contributed by atoms with E-state index in [1.165, 1.54) is 0 Å². The lowest BCUT2D eigenvalue weighted by Crippen LogP contribution is -2.47. The topological polar surface area (TPSA) is 91.6 Å². The van der Waals surface area contributed by atoms with Crippen molar-refractivity contribution in [3.63, 3.8) is 0 Å². The van der Waals surface area contributed by atoms with E-state index >= 15 is 0 Å². The number of carboxylic acid groups (broad SMARTS) is 1. The summed E-state index contributed by atoms with van der Waals surface area (Å²) >= 11 is 0. The normalized spacial score (nSPS) is 18.1. The van der Waals surface area contributed by atoms with Gasteiger partial charge in [-0.05, 0) is 31.9 Å². The molecule has 116 valence electrons. The van der Waals surface area contributed by atoms with Gasteiger partial charge in [0.15, 0.2) is 0 Å². The molecule has 0 saturated heterocycles. The third-order valence-electron chi connectivity index (χ3n) is 4.07. The molecule has 0 spiro atoms. The Labute approximate surface area is 123 Å². The third-order valence-corrected chi connectivity index (χ3v) is 4.07. The van der Waals surface area contributed by atoms with Crippen molar-refractivity contribution in [1.82, 2.24) is 10.6 Å². The van der Waals surface area contributed by atoms with E-state index in [1.807, 2.05) is 13.0 Å². The number of amides is 2. The molecule has 2 rings (SSSR count). The number of nitrogens with one attached hydrogen (secondary N) is 2. The summed E-state index contributed by atoms with van der Waals surface area (Å²) in [5.74, 6) is -0.00969. The quantitative estimate of drug-likeness (QED) is 0.749. The van der Waals surface area contributed by atoms with Crippen molar-refractivity contribution in [3.8, 4) is 0 Å². The van der Waals surface area contributed by atoms with Gasteiger partial charge in [0.05, 0.1) is 11.7 Å². The number of urea groups is 1.